The van der Waals surface area contributed by atoms with Gasteiger partial charge in [0.2, 0.25) is 0 Å². The summed E-state index contributed by atoms with van der Waals surface area (Å²) in [4.78, 5) is 0.477. The standard InChI is InChI=1S/C18H14F4N2OS/c1-25-18-10(8-23)9-24(26-12-4-2-3-11(19)7-12)17(18)15-13(20)5-6-14(21)16(15)22/h2-7,9H,8,23H2,1H3. The summed E-state index contributed by atoms with van der Waals surface area (Å²) in [6.45, 7) is 0.0332. The zero-order chi connectivity index (χ0) is 18.8. The SMILES string of the molecule is COc1c(CN)cn(Sc2cccc(F)c2)c1-c1c(F)ccc(F)c1F. The first-order valence-electron chi connectivity index (χ1n) is 7.52. The summed E-state index contributed by atoms with van der Waals surface area (Å²) in [5, 5.41) is 0. The lowest BCUT2D eigenvalue weighted by atomic mass is 10.1. The van der Waals surface area contributed by atoms with Gasteiger partial charge in [-0.25, -0.2) is 17.6 Å². The summed E-state index contributed by atoms with van der Waals surface area (Å²) in [6, 6.07) is 7.21. The number of rotatable bonds is 5. The Bertz CT molecular complexity index is 959. The molecule has 0 atom stereocenters. The molecule has 0 fully saturated rings. The van der Waals surface area contributed by atoms with Gasteiger partial charge >= 0.3 is 0 Å². The van der Waals surface area contributed by atoms with E-state index in [-0.39, 0.29) is 18.0 Å². The molecule has 0 saturated heterocycles. The van der Waals surface area contributed by atoms with E-state index in [1.807, 2.05) is 0 Å². The smallest absolute Gasteiger partial charge is 0.171 e. The van der Waals surface area contributed by atoms with Gasteiger partial charge in [0.25, 0.3) is 0 Å². The number of hydrogen-bond donors (Lipinski definition) is 1. The van der Waals surface area contributed by atoms with Crippen LogP contribution >= 0.6 is 11.9 Å². The number of halogens is 4. The third-order valence-corrected chi connectivity index (χ3v) is 4.65. The van der Waals surface area contributed by atoms with Crippen LogP contribution in [0.4, 0.5) is 17.6 Å². The molecule has 0 bridgehead atoms. The van der Waals surface area contributed by atoms with Gasteiger partial charge in [0.15, 0.2) is 11.6 Å². The van der Waals surface area contributed by atoms with Crippen LogP contribution in [-0.2, 0) is 6.54 Å². The second-order valence-corrected chi connectivity index (χ2v) is 6.38. The van der Waals surface area contributed by atoms with Crippen LogP contribution in [0.15, 0.2) is 47.5 Å². The summed E-state index contributed by atoms with van der Waals surface area (Å²) >= 11 is 0.998. The molecule has 136 valence electrons. The highest BCUT2D eigenvalue weighted by atomic mass is 32.2. The molecule has 26 heavy (non-hydrogen) atoms. The second-order valence-electron chi connectivity index (χ2n) is 5.33. The van der Waals surface area contributed by atoms with E-state index in [2.05, 4.69) is 0 Å². The van der Waals surface area contributed by atoms with Crippen molar-refractivity contribution in [1.29, 1.82) is 0 Å². The minimum atomic E-state index is -1.34. The molecule has 8 heteroatoms. The summed E-state index contributed by atoms with van der Waals surface area (Å²) in [7, 11) is 1.32. The van der Waals surface area contributed by atoms with Crippen LogP contribution in [0.3, 0.4) is 0 Å². The van der Waals surface area contributed by atoms with Crippen molar-refractivity contribution in [3.63, 3.8) is 0 Å². The van der Waals surface area contributed by atoms with Crippen molar-refractivity contribution in [3.8, 4) is 17.0 Å². The van der Waals surface area contributed by atoms with Crippen LogP contribution in [-0.4, -0.2) is 11.1 Å². The van der Waals surface area contributed by atoms with Crippen molar-refractivity contribution in [3.05, 3.63) is 71.4 Å². The van der Waals surface area contributed by atoms with E-state index in [4.69, 9.17) is 10.5 Å². The Morgan fingerprint density at radius 2 is 1.81 bits per heavy atom. The molecule has 2 N–H and O–H groups in total. The van der Waals surface area contributed by atoms with Crippen molar-refractivity contribution >= 4 is 11.9 Å². The fourth-order valence-electron chi connectivity index (χ4n) is 2.57. The molecule has 0 saturated carbocycles. The van der Waals surface area contributed by atoms with E-state index < -0.39 is 28.8 Å². The molecule has 0 aliphatic rings. The van der Waals surface area contributed by atoms with Gasteiger partial charge in [0.05, 0.1) is 12.7 Å². The molecular weight excluding hydrogens is 368 g/mol. The highest BCUT2D eigenvalue weighted by Crippen LogP contribution is 2.42. The molecule has 0 spiro atoms. The van der Waals surface area contributed by atoms with Crippen molar-refractivity contribution in [2.75, 3.05) is 7.11 Å². The first kappa shape index (κ1) is 18.3. The molecule has 0 unspecified atom stereocenters. The first-order valence-corrected chi connectivity index (χ1v) is 8.29. The quantitative estimate of drug-likeness (QED) is 0.512. The van der Waals surface area contributed by atoms with Gasteiger partial charge in [-0.3, -0.25) is 3.97 Å². The van der Waals surface area contributed by atoms with Crippen molar-refractivity contribution in [2.24, 2.45) is 5.73 Å². The van der Waals surface area contributed by atoms with E-state index in [0.717, 1.165) is 18.0 Å². The molecule has 2 aromatic carbocycles. The predicted octanol–water partition coefficient (Wildman–Crippen LogP) is 4.73. The largest absolute Gasteiger partial charge is 0.494 e. The molecule has 1 aromatic heterocycles. The molecule has 0 amide bonds. The summed E-state index contributed by atoms with van der Waals surface area (Å²) in [5.41, 5.74) is 5.54. The fourth-order valence-corrected chi connectivity index (χ4v) is 3.54. The Morgan fingerprint density at radius 1 is 1.08 bits per heavy atom. The average Bonchev–Trinajstić information content (AvgIpc) is 2.96. The van der Waals surface area contributed by atoms with Crippen LogP contribution in [0, 0.1) is 23.3 Å². The molecule has 0 aliphatic heterocycles. The van der Waals surface area contributed by atoms with Crippen molar-refractivity contribution < 1.29 is 22.3 Å². The Hall–Kier alpha value is -2.45. The summed E-state index contributed by atoms with van der Waals surface area (Å²) < 4.78 is 62.5. The summed E-state index contributed by atoms with van der Waals surface area (Å²) in [5.74, 6) is -3.82. The van der Waals surface area contributed by atoms with Gasteiger partial charge in [-0.15, -0.1) is 0 Å². The third kappa shape index (κ3) is 3.30. The fraction of sp³-hybridized carbons (Fsp3) is 0.111. The number of methoxy groups -OCH3 is 1. The molecular formula is C18H14F4N2OS. The molecule has 1 heterocycles. The Balaban J connectivity index is 2.23. The first-order chi connectivity index (χ1) is 12.5. The lowest BCUT2D eigenvalue weighted by Crippen LogP contribution is -2.00. The van der Waals surface area contributed by atoms with Crippen LogP contribution < -0.4 is 10.5 Å². The molecule has 3 rings (SSSR count). The van der Waals surface area contributed by atoms with Gasteiger partial charge < -0.3 is 10.5 Å². The van der Waals surface area contributed by atoms with E-state index >= 15 is 0 Å². The lowest BCUT2D eigenvalue weighted by molar-refractivity contribution is 0.411. The van der Waals surface area contributed by atoms with E-state index in [9.17, 15) is 17.6 Å². The number of aromatic nitrogens is 1. The van der Waals surface area contributed by atoms with Gasteiger partial charge in [0.1, 0.15) is 23.1 Å². The van der Waals surface area contributed by atoms with E-state index in [0.29, 0.717) is 16.5 Å². The third-order valence-electron chi connectivity index (χ3n) is 3.70. The van der Waals surface area contributed by atoms with Crippen molar-refractivity contribution in [1.82, 2.24) is 3.97 Å². The highest BCUT2D eigenvalue weighted by Gasteiger charge is 2.26. The van der Waals surface area contributed by atoms with Gasteiger partial charge in [-0.1, -0.05) is 6.07 Å². The van der Waals surface area contributed by atoms with Gasteiger partial charge in [-0.05, 0) is 42.3 Å². The number of nitrogens with zero attached hydrogens (tertiary/aromatic N) is 1. The van der Waals surface area contributed by atoms with Gasteiger partial charge in [-0.2, -0.15) is 0 Å². The maximum atomic E-state index is 14.4. The van der Waals surface area contributed by atoms with Crippen LogP contribution in [0.5, 0.6) is 5.75 Å². The zero-order valence-electron chi connectivity index (χ0n) is 13.6. The molecule has 3 nitrogen and oxygen atoms in total. The number of ether oxygens (including phenoxy) is 1. The van der Waals surface area contributed by atoms with Crippen molar-refractivity contribution in [2.45, 2.75) is 11.4 Å². The number of nitrogens with two attached hydrogens (primary N) is 1. The maximum absolute atomic E-state index is 14.4. The molecule has 3 aromatic rings. The lowest BCUT2D eigenvalue weighted by Gasteiger charge is -2.12. The Kier molecular flexibility index (Phi) is 5.24. The summed E-state index contributed by atoms with van der Waals surface area (Å²) in [6.07, 6.45) is 1.52. The predicted molar refractivity (Wildman–Crippen MR) is 91.8 cm³/mol. The molecule has 0 radical (unpaired) electrons. The normalized spacial score (nSPS) is 11.0. The monoisotopic (exact) mass is 382 g/mol. The second kappa shape index (κ2) is 7.43. The van der Waals surface area contributed by atoms with Crippen LogP contribution in [0.1, 0.15) is 5.56 Å². The van der Waals surface area contributed by atoms with Crippen LogP contribution in [0.25, 0.3) is 11.3 Å². The number of hydrogen-bond acceptors (Lipinski definition) is 3. The Morgan fingerprint density at radius 3 is 2.46 bits per heavy atom. The van der Waals surface area contributed by atoms with E-state index in [1.165, 1.54) is 35.5 Å². The molecule has 0 aliphatic carbocycles. The maximum Gasteiger partial charge on any atom is 0.171 e. The minimum Gasteiger partial charge on any atom is -0.494 e. The Labute approximate surface area is 151 Å². The topological polar surface area (TPSA) is 40.2 Å². The minimum absolute atomic E-state index is 0.0308. The number of benzene rings is 2. The van der Waals surface area contributed by atoms with E-state index in [1.54, 1.807) is 6.07 Å². The van der Waals surface area contributed by atoms with Gasteiger partial charge in [0, 0.05) is 23.2 Å². The zero-order valence-corrected chi connectivity index (χ0v) is 14.4. The highest BCUT2D eigenvalue weighted by molar-refractivity contribution is 7.98. The van der Waals surface area contributed by atoms with Crippen LogP contribution in [0.2, 0.25) is 0 Å². The average molecular weight is 382 g/mol.